The van der Waals surface area contributed by atoms with Crippen LogP contribution in [0.15, 0.2) is 35.7 Å². The summed E-state index contributed by atoms with van der Waals surface area (Å²) >= 11 is 1.57. The van der Waals surface area contributed by atoms with Crippen molar-refractivity contribution in [3.05, 3.63) is 46.4 Å². The van der Waals surface area contributed by atoms with Gasteiger partial charge in [-0.2, -0.15) is 0 Å². The van der Waals surface area contributed by atoms with E-state index in [1.54, 1.807) is 17.4 Å². The highest BCUT2D eigenvalue weighted by Crippen LogP contribution is 2.17. The summed E-state index contributed by atoms with van der Waals surface area (Å²) in [6.07, 6.45) is 3.23. The minimum Gasteiger partial charge on any atom is -0.372 e. The number of aromatic nitrogens is 1. The van der Waals surface area contributed by atoms with Gasteiger partial charge in [0.2, 0.25) is 5.91 Å². The Hall–Kier alpha value is -2.14. The molecule has 1 N–H and O–H groups in total. The molecule has 4 nitrogen and oxygen atoms in total. The van der Waals surface area contributed by atoms with Gasteiger partial charge < -0.3 is 10.2 Å². The minimum absolute atomic E-state index is 0.152. The fraction of sp³-hybridized carbons (Fsp3) is 0.294. The Labute approximate surface area is 135 Å². The van der Waals surface area contributed by atoms with Crippen LogP contribution in [0.3, 0.4) is 0 Å². The van der Waals surface area contributed by atoms with E-state index in [9.17, 15) is 4.79 Å². The van der Waals surface area contributed by atoms with Gasteiger partial charge in [-0.25, -0.2) is 4.98 Å². The smallest absolute Gasteiger partial charge is 0.248 e. The maximum atomic E-state index is 11.9. The van der Waals surface area contributed by atoms with Crippen molar-refractivity contribution in [1.29, 1.82) is 0 Å². The second-order valence-corrected chi connectivity index (χ2v) is 5.90. The summed E-state index contributed by atoms with van der Waals surface area (Å²) in [5.74, 6) is -0.152. The Morgan fingerprint density at radius 2 is 1.95 bits per heavy atom. The van der Waals surface area contributed by atoms with Gasteiger partial charge in [-0.05, 0) is 51.1 Å². The van der Waals surface area contributed by atoms with Crippen LogP contribution in [0.5, 0.6) is 0 Å². The van der Waals surface area contributed by atoms with Gasteiger partial charge in [-0.3, -0.25) is 4.79 Å². The minimum atomic E-state index is -0.152. The molecule has 0 atom stereocenters. The van der Waals surface area contributed by atoms with E-state index in [0.29, 0.717) is 0 Å². The van der Waals surface area contributed by atoms with Crippen LogP contribution in [0.4, 0.5) is 11.4 Å². The number of amides is 1. The molecule has 0 bridgehead atoms. The van der Waals surface area contributed by atoms with E-state index in [0.717, 1.165) is 35.2 Å². The highest BCUT2D eigenvalue weighted by molar-refractivity contribution is 7.09. The maximum Gasteiger partial charge on any atom is 0.248 e. The van der Waals surface area contributed by atoms with E-state index in [1.807, 2.05) is 36.6 Å². The molecule has 22 heavy (non-hydrogen) atoms. The maximum absolute atomic E-state index is 11.9. The first-order chi connectivity index (χ1) is 10.6. The Kier molecular flexibility index (Phi) is 5.72. The normalized spacial score (nSPS) is 10.9. The molecular weight excluding hydrogens is 294 g/mol. The summed E-state index contributed by atoms with van der Waals surface area (Å²) < 4.78 is 0. The highest BCUT2D eigenvalue weighted by Gasteiger charge is 2.03. The van der Waals surface area contributed by atoms with Crippen molar-refractivity contribution in [2.75, 3.05) is 23.3 Å². The Morgan fingerprint density at radius 3 is 2.50 bits per heavy atom. The van der Waals surface area contributed by atoms with Crippen molar-refractivity contribution in [3.63, 3.8) is 0 Å². The molecule has 2 aromatic rings. The first-order valence-corrected chi connectivity index (χ1v) is 8.26. The van der Waals surface area contributed by atoms with Crippen LogP contribution in [0.25, 0.3) is 6.08 Å². The molecule has 5 heteroatoms. The van der Waals surface area contributed by atoms with Crippen LogP contribution in [0.1, 0.15) is 24.5 Å². The summed E-state index contributed by atoms with van der Waals surface area (Å²) in [6.45, 7) is 8.14. The molecule has 0 aliphatic rings. The van der Waals surface area contributed by atoms with Crippen LogP contribution in [0, 0.1) is 6.92 Å². The second kappa shape index (κ2) is 7.75. The molecule has 0 fully saturated rings. The number of benzene rings is 1. The number of aryl methyl sites for hydroxylation is 1. The molecule has 0 radical (unpaired) electrons. The molecule has 1 aromatic heterocycles. The number of carbonyl (C=O) groups is 1. The van der Waals surface area contributed by atoms with E-state index in [1.165, 1.54) is 6.08 Å². The van der Waals surface area contributed by atoms with E-state index in [2.05, 4.69) is 29.0 Å². The molecule has 1 aromatic carbocycles. The van der Waals surface area contributed by atoms with Crippen LogP contribution >= 0.6 is 11.3 Å². The first-order valence-electron chi connectivity index (χ1n) is 7.38. The molecule has 116 valence electrons. The quantitative estimate of drug-likeness (QED) is 0.821. The topological polar surface area (TPSA) is 45.2 Å². The van der Waals surface area contributed by atoms with Crippen molar-refractivity contribution in [1.82, 2.24) is 4.98 Å². The summed E-state index contributed by atoms with van der Waals surface area (Å²) in [7, 11) is 0. The lowest BCUT2D eigenvalue weighted by Gasteiger charge is -2.21. The van der Waals surface area contributed by atoms with Gasteiger partial charge >= 0.3 is 0 Å². The van der Waals surface area contributed by atoms with Gasteiger partial charge in [0.15, 0.2) is 0 Å². The lowest BCUT2D eigenvalue weighted by atomic mass is 10.2. The zero-order valence-electron chi connectivity index (χ0n) is 13.2. The van der Waals surface area contributed by atoms with Crippen LogP contribution in [-0.4, -0.2) is 24.0 Å². The summed E-state index contributed by atoms with van der Waals surface area (Å²) in [5, 5.41) is 5.77. The number of anilines is 2. The number of carbonyl (C=O) groups excluding carboxylic acids is 1. The van der Waals surface area contributed by atoms with E-state index < -0.39 is 0 Å². The van der Waals surface area contributed by atoms with Gasteiger partial charge in [0, 0.05) is 35.9 Å². The number of hydrogen-bond donors (Lipinski definition) is 1. The van der Waals surface area contributed by atoms with Crippen molar-refractivity contribution in [2.24, 2.45) is 0 Å². The molecule has 0 spiro atoms. The fourth-order valence-electron chi connectivity index (χ4n) is 2.15. The van der Waals surface area contributed by atoms with Crippen LogP contribution < -0.4 is 10.2 Å². The number of rotatable bonds is 6. The number of nitrogens with zero attached hydrogens (tertiary/aromatic N) is 2. The standard InChI is InChI=1S/C17H21N3OS/c1-4-20(5-2)16-9-6-14(7-10-16)19-17(21)11-8-15-12-22-13(3)18-15/h6-12H,4-5H2,1-3H3,(H,19,21). The lowest BCUT2D eigenvalue weighted by molar-refractivity contribution is -0.111. The van der Waals surface area contributed by atoms with Crippen LogP contribution in [-0.2, 0) is 4.79 Å². The third kappa shape index (κ3) is 4.43. The second-order valence-electron chi connectivity index (χ2n) is 4.83. The molecule has 0 saturated carbocycles. The van der Waals surface area contributed by atoms with Gasteiger partial charge in [0.05, 0.1) is 10.7 Å². The third-order valence-corrected chi connectivity index (χ3v) is 4.10. The average molecular weight is 315 g/mol. The lowest BCUT2D eigenvalue weighted by Crippen LogP contribution is -2.21. The molecule has 0 aliphatic carbocycles. The predicted octanol–water partition coefficient (Wildman–Crippen LogP) is 3.95. The van der Waals surface area contributed by atoms with Gasteiger partial charge in [-0.1, -0.05) is 0 Å². The zero-order chi connectivity index (χ0) is 15.9. The SMILES string of the molecule is CCN(CC)c1ccc(NC(=O)C=Cc2csc(C)n2)cc1. The average Bonchev–Trinajstić information content (AvgIpc) is 2.94. The Morgan fingerprint density at radius 1 is 1.27 bits per heavy atom. The molecule has 0 saturated heterocycles. The summed E-state index contributed by atoms with van der Waals surface area (Å²) in [6, 6.07) is 7.89. The van der Waals surface area contributed by atoms with E-state index >= 15 is 0 Å². The van der Waals surface area contributed by atoms with Crippen LogP contribution in [0.2, 0.25) is 0 Å². The molecule has 0 unspecified atom stereocenters. The monoisotopic (exact) mass is 315 g/mol. The van der Waals surface area contributed by atoms with Gasteiger partial charge in [0.25, 0.3) is 0 Å². The zero-order valence-corrected chi connectivity index (χ0v) is 14.0. The largest absolute Gasteiger partial charge is 0.372 e. The van der Waals surface area contributed by atoms with E-state index in [4.69, 9.17) is 0 Å². The summed E-state index contributed by atoms with van der Waals surface area (Å²) in [5.41, 5.74) is 2.77. The fourth-order valence-corrected chi connectivity index (χ4v) is 2.73. The van der Waals surface area contributed by atoms with Crippen molar-refractivity contribution in [2.45, 2.75) is 20.8 Å². The summed E-state index contributed by atoms with van der Waals surface area (Å²) in [4.78, 5) is 18.4. The van der Waals surface area contributed by atoms with Crippen molar-refractivity contribution >= 4 is 34.7 Å². The molecular formula is C17H21N3OS. The van der Waals surface area contributed by atoms with E-state index in [-0.39, 0.29) is 5.91 Å². The number of hydrogen-bond acceptors (Lipinski definition) is 4. The van der Waals surface area contributed by atoms with Gasteiger partial charge in [0.1, 0.15) is 0 Å². The molecule has 1 heterocycles. The predicted molar refractivity (Wildman–Crippen MR) is 94.5 cm³/mol. The highest BCUT2D eigenvalue weighted by atomic mass is 32.1. The molecule has 2 rings (SSSR count). The number of thiazole rings is 1. The Bertz CT molecular complexity index is 642. The third-order valence-electron chi connectivity index (χ3n) is 3.31. The molecule has 0 aliphatic heterocycles. The van der Waals surface area contributed by atoms with Gasteiger partial charge in [-0.15, -0.1) is 11.3 Å². The van der Waals surface area contributed by atoms with Crippen molar-refractivity contribution in [3.8, 4) is 0 Å². The molecule has 1 amide bonds. The van der Waals surface area contributed by atoms with Crippen molar-refractivity contribution < 1.29 is 4.79 Å². The first kappa shape index (κ1) is 16.2. The number of nitrogens with one attached hydrogen (secondary N) is 1. The Balaban J connectivity index is 1.95.